The highest BCUT2D eigenvalue weighted by Gasteiger charge is 2.28. The van der Waals surface area contributed by atoms with E-state index in [9.17, 15) is 4.79 Å². The lowest BCUT2D eigenvalue weighted by atomic mass is 10.1. The van der Waals surface area contributed by atoms with E-state index >= 15 is 0 Å². The number of thiophene rings is 1. The lowest BCUT2D eigenvalue weighted by Crippen LogP contribution is -2.38. The van der Waals surface area contributed by atoms with Gasteiger partial charge in [-0.15, -0.1) is 11.3 Å². The lowest BCUT2D eigenvalue weighted by Gasteiger charge is -2.30. The number of para-hydroxylation sites is 1. The summed E-state index contributed by atoms with van der Waals surface area (Å²) in [5.74, 6) is 0. The number of aryl methyl sites for hydroxylation is 2. The monoisotopic (exact) mass is 342 g/mol. The van der Waals surface area contributed by atoms with E-state index in [2.05, 4.69) is 37.4 Å². The van der Waals surface area contributed by atoms with Gasteiger partial charge in [-0.3, -0.25) is 0 Å². The number of urea groups is 1. The van der Waals surface area contributed by atoms with Crippen molar-refractivity contribution >= 4 is 23.1 Å². The van der Waals surface area contributed by atoms with Gasteiger partial charge in [0.1, 0.15) is 0 Å². The summed E-state index contributed by atoms with van der Waals surface area (Å²) in [6.07, 6.45) is 5.46. The van der Waals surface area contributed by atoms with Gasteiger partial charge >= 0.3 is 6.03 Å². The van der Waals surface area contributed by atoms with Crippen LogP contribution < -0.4 is 5.32 Å². The molecule has 1 aliphatic heterocycles. The molecule has 1 N–H and O–H groups in total. The van der Waals surface area contributed by atoms with E-state index in [4.69, 9.17) is 0 Å². The molecular weight excluding hydrogens is 316 g/mol. The second kappa shape index (κ2) is 7.84. The minimum Gasteiger partial charge on any atom is -0.317 e. The molecule has 1 aliphatic rings. The minimum absolute atomic E-state index is 0.0360. The number of benzene rings is 1. The minimum atomic E-state index is 0.0360. The highest BCUT2D eigenvalue weighted by Crippen LogP contribution is 2.34. The molecular formula is C20H26N2OS. The molecule has 3 rings (SSSR count). The van der Waals surface area contributed by atoms with Crippen LogP contribution >= 0.6 is 11.3 Å². The van der Waals surface area contributed by atoms with E-state index in [1.165, 1.54) is 28.2 Å². The van der Waals surface area contributed by atoms with Gasteiger partial charge < -0.3 is 10.2 Å². The second-order valence-electron chi connectivity index (χ2n) is 6.45. The first-order valence-corrected chi connectivity index (χ1v) is 9.72. The number of anilines is 1. The van der Waals surface area contributed by atoms with Gasteiger partial charge in [0.25, 0.3) is 0 Å². The molecule has 4 heteroatoms. The molecule has 0 aliphatic carbocycles. The summed E-state index contributed by atoms with van der Waals surface area (Å²) in [5, 5.41) is 3.16. The molecule has 2 amide bonds. The number of amides is 2. The predicted molar refractivity (Wildman–Crippen MR) is 102 cm³/mol. The maximum absolute atomic E-state index is 13.0. The van der Waals surface area contributed by atoms with Crippen LogP contribution in [0.5, 0.6) is 0 Å². The first kappa shape index (κ1) is 17.0. The fourth-order valence-corrected chi connectivity index (χ4v) is 4.44. The molecule has 3 nitrogen and oxygen atoms in total. The number of carbonyl (C=O) groups is 1. The van der Waals surface area contributed by atoms with Gasteiger partial charge in [-0.2, -0.15) is 0 Å². The van der Waals surface area contributed by atoms with Crippen molar-refractivity contribution in [3.05, 3.63) is 51.7 Å². The van der Waals surface area contributed by atoms with Gasteiger partial charge in [0, 0.05) is 22.0 Å². The van der Waals surface area contributed by atoms with Crippen molar-refractivity contribution in [2.24, 2.45) is 0 Å². The molecule has 24 heavy (non-hydrogen) atoms. The number of nitrogens with one attached hydrogen (secondary N) is 1. The van der Waals surface area contributed by atoms with Crippen molar-refractivity contribution in [2.45, 2.75) is 52.0 Å². The Kier molecular flexibility index (Phi) is 5.56. The van der Waals surface area contributed by atoms with Crippen molar-refractivity contribution in [1.82, 2.24) is 4.90 Å². The molecule has 1 aromatic heterocycles. The Hall–Kier alpha value is -1.81. The van der Waals surface area contributed by atoms with E-state index < -0.39 is 0 Å². The highest BCUT2D eigenvalue weighted by atomic mass is 32.1. The quantitative estimate of drug-likeness (QED) is 0.754. The second-order valence-corrected chi connectivity index (χ2v) is 7.77. The summed E-state index contributed by atoms with van der Waals surface area (Å²) in [6, 6.07) is 12.7. The number of rotatable bonds is 3. The topological polar surface area (TPSA) is 32.3 Å². The first-order chi connectivity index (χ1) is 11.7. The molecule has 0 spiro atoms. The molecule has 0 unspecified atom stereocenters. The van der Waals surface area contributed by atoms with E-state index in [1.807, 2.05) is 34.4 Å². The molecule has 1 aromatic carbocycles. The van der Waals surface area contributed by atoms with Crippen molar-refractivity contribution in [3.8, 4) is 0 Å². The van der Waals surface area contributed by atoms with E-state index in [1.54, 1.807) is 0 Å². The molecule has 128 valence electrons. The number of nitrogens with zero attached hydrogens (tertiary/aromatic N) is 1. The fourth-order valence-electron chi connectivity index (χ4n) is 3.42. The van der Waals surface area contributed by atoms with Crippen LogP contribution in [-0.4, -0.2) is 17.5 Å². The first-order valence-electron chi connectivity index (χ1n) is 8.91. The third kappa shape index (κ3) is 3.81. The smallest absolute Gasteiger partial charge is 0.317 e. The van der Waals surface area contributed by atoms with Crippen LogP contribution in [0.3, 0.4) is 0 Å². The molecule has 1 fully saturated rings. The van der Waals surface area contributed by atoms with E-state index in [0.29, 0.717) is 0 Å². The molecule has 2 aromatic rings. The van der Waals surface area contributed by atoms with Crippen LogP contribution in [-0.2, 0) is 6.42 Å². The normalized spacial score (nSPS) is 18.2. The molecule has 0 saturated carbocycles. The number of hydrogen-bond acceptors (Lipinski definition) is 2. The third-order valence-corrected chi connectivity index (χ3v) is 5.85. The zero-order valence-electron chi connectivity index (χ0n) is 14.5. The Labute approximate surface area is 148 Å². The molecule has 2 heterocycles. The fraction of sp³-hybridized carbons (Fsp3) is 0.450. The zero-order chi connectivity index (χ0) is 16.9. The summed E-state index contributed by atoms with van der Waals surface area (Å²) < 4.78 is 0. The third-order valence-electron chi connectivity index (χ3n) is 4.74. The Balaban J connectivity index is 1.82. The van der Waals surface area contributed by atoms with Crippen molar-refractivity contribution < 1.29 is 4.79 Å². The largest absolute Gasteiger partial charge is 0.322 e. The van der Waals surface area contributed by atoms with E-state index in [0.717, 1.165) is 31.5 Å². The Morgan fingerprint density at radius 1 is 1.21 bits per heavy atom. The molecule has 0 radical (unpaired) electrons. The molecule has 0 bridgehead atoms. The van der Waals surface area contributed by atoms with Crippen molar-refractivity contribution in [1.29, 1.82) is 0 Å². The van der Waals surface area contributed by atoms with Crippen LogP contribution in [0.25, 0.3) is 0 Å². The van der Waals surface area contributed by atoms with Crippen LogP contribution in [0.4, 0.5) is 10.5 Å². The lowest BCUT2D eigenvalue weighted by molar-refractivity contribution is 0.190. The predicted octanol–water partition coefficient (Wildman–Crippen LogP) is 5.77. The van der Waals surface area contributed by atoms with Crippen LogP contribution in [0.15, 0.2) is 36.4 Å². The van der Waals surface area contributed by atoms with Gasteiger partial charge in [-0.05, 0) is 49.9 Å². The number of hydrogen-bond donors (Lipinski definition) is 1. The SMILES string of the molecule is CCc1ccccc1NC(=O)N1CCCCC[C@@H]1c1ccc(C)s1. The number of carbonyl (C=O) groups excluding carboxylic acids is 1. The molecule has 1 atom stereocenters. The average Bonchev–Trinajstić information content (AvgIpc) is 2.87. The summed E-state index contributed by atoms with van der Waals surface area (Å²) >= 11 is 1.82. The standard InChI is InChI=1S/C20H26N2OS/c1-3-16-9-6-7-10-17(16)21-20(23)22-14-8-4-5-11-18(22)19-13-12-15(2)24-19/h6-7,9-10,12-13,18H,3-5,8,11,14H2,1-2H3,(H,21,23)/t18-/m1/s1. The summed E-state index contributed by atoms with van der Waals surface area (Å²) in [6.45, 7) is 5.09. The van der Waals surface area contributed by atoms with Crippen molar-refractivity contribution in [3.63, 3.8) is 0 Å². The van der Waals surface area contributed by atoms with Gasteiger partial charge in [0.05, 0.1) is 6.04 Å². The Morgan fingerprint density at radius 2 is 2.04 bits per heavy atom. The van der Waals surface area contributed by atoms with Crippen LogP contribution in [0.1, 0.15) is 54.0 Å². The van der Waals surface area contributed by atoms with Crippen molar-refractivity contribution in [2.75, 3.05) is 11.9 Å². The summed E-state index contributed by atoms with van der Waals surface area (Å²) in [7, 11) is 0. The van der Waals surface area contributed by atoms with Crippen LogP contribution in [0, 0.1) is 6.92 Å². The van der Waals surface area contributed by atoms with Gasteiger partial charge in [0.15, 0.2) is 0 Å². The highest BCUT2D eigenvalue weighted by molar-refractivity contribution is 7.12. The zero-order valence-corrected chi connectivity index (χ0v) is 15.4. The molecule has 1 saturated heterocycles. The average molecular weight is 343 g/mol. The van der Waals surface area contributed by atoms with Gasteiger partial charge in [-0.25, -0.2) is 4.79 Å². The Bertz CT molecular complexity index is 694. The maximum Gasteiger partial charge on any atom is 0.322 e. The van der Waals surface area contributed by atoms with E-state index in [-0.39, 0.29) is 12.1 Å². The number of likely N-dealkylation sites (tertiary alicyclic amines) is 1. The summed E-state index contributed by atoms with van der Waals surface area (Å²) in [5.41, 5.74) is 2.12. The van der Waals surface area contributed by atoms with Gasteiger partial charge in [-0.1, -0.05) is 38.0 Å². The van der Waals surface area contributed by atoms with Crippen LogP contribution in [0.2, 0.25) is 0 Å². The van der Waals surface area contributed by atoms with Gasteiger partial charge in [0.2, 0.25) is 0 Å². The Morgan fingerprint density at radius 3 is 2.79 bits per heavy atom. The maximum atomic E-state index is 13.0. The summed E-state index contributed by atoms with van der Waals surface area (Å²) in [4.78, 5) is 17.7.